The Balaban J connectivity index is 6.03. The zero-order valence-electron chi connectivity index (χ0n) is 13.3. The predicted molar refractivity (Wildman–Crippen MR) is 92.0 cm³/mol. The van der Waals surface area contributed by atoms with Crippen molar-refractivity contribution in [1.82, 2.24) is 0 Å². The van der Waals surface area contributed by atoms with E-state index in [1.165, 1.54) is 0 Å². The number of aliphatic hydroxyl groups excluding tert-OH is 1. The molecule has 0 fully saturated rings. The van der Waals surface area contributed by atoms with Crippen molar-refractivity contribution in [3.63, 3.8) is 0 Å². The van der Waals surface area contributed by atoms with Gasteiger partial charge in [-0.3, -0.25) is 0 Å². The third kappa shape index (κ3) is 3.31. The molecular weight excluding hydrogens is 272 g/mol. The number of hydrogen-bond donors (Lipinski definition) is 1. The van der Waals surface area contributed by atoms with Gasteiger partial charge in [0.15, 0.2) is 0 Å². The van der Waals surface area contributed by atoms with Crippen LogP contribution in [0.1, 0.15) is 0 Å². The van der Waals surface area contributed by atoms with Crippen LogP contribution in [0.5, 0.6) is 0 Å². The molecule has 17 heavy (non-hydrogen) atoms. The molecular formula is C12H32OSi4. The largest absolute Gasteiger partial charge is 0.392 e. The normalized spacial score (nSPS) is 15.6. The molecule has 0 amide bonds. The van der Waals surface area contributed by atoms with Gasteiger partial charge in [0.2, 0.25) is 0 Å². The molecule has 102 valence electrons. The Morgan fingerprint density at radius 1 is 0.706 bits per heavy atom. The standard InChI is InChI=1S/C12H32OSi4/c1-14(2,3)17(12-10-11-13,15(4,5)6)16(7,8)9/h10,12-13H,11H2,1-9H3. The molecule has 0 saturated carbocycles. The zero-order valence-corrected chi connectivity index (χ0v) is 17.3. The van der Waals surface area contributed by atoms with Gasteiger partial charge in [0.1, 0.15) is 0 Å². The zero-order chi connectivity index (χ0) is 14.1. The van der Waals surface area contributed by atoms with E-state index in [0.29, 0.717) is 0 Å². The minimum absolute atomic E-state index is 0.216. The van der Waals surface area contributed by atoms with E-state index >= 15 is 0 Å². The Labute approximate surface area is 112 Å². The quantitative estimate of drug-likeness (QED) is 0.767. The summed E-state index contributed by atoms with van der Waals surface area (Å²) in [7, 11) is -3.54. The van der Waals surface area contributed by atoms with E-state index in [1.54, 1.807) is 0 Å². The summed E-state index contributed by atoms with van der Waals surface area (Å²) in [5, 5.41) is 9.21. The topological polar surface area (TPSA) is 20.2 Å². The molecule has 0 aromatic rings. The van der Waals surface area contributed by atoms with E-state index in [9.17, 15) is 5.11 Å². The second kappa shape index (κ2) is 5.28. The molecule has 0 radical (unpaired) electrons. The van der Waals surface area contributed by atoms with Crippen molar-refractivity contribution in [2.75, 3.05) is 6.61 Å². The van der Waals surface area contributed by atoms with Crippen molar-refractivity contribution in [3.8, 4) is 0 Å². The van der Waals surface area contributed by atoms with Crippen LogP contribution in [0, 0.1) is 0 Å². The van der Waals surface area contributed by atoms with Gasteiger partial charge < -0.3 is 5.11 Å². The van der Waals surface area contributed by atoms with Gasteiger partial charge in [-0.25, -0.2) is 0 Å². The maximum atomic E-state index is 9.21. The summed E-state index contributed by atoms with van der Waals surface area (Å²) in [5.41, 5.74) is 2.57. The summed E-state index contributed by atoms with van der Waals surface area (Å²) in [6, 6.07) is 0. The molecule has 0 bridgehead atoms. The smallest absolute Gasteiger partial charge is 0.0608 e. The van der Waals surface area contributed by atoms with E-state index in [2.05, 4.69) is 70.7 Å². The molecule has 5 heteroatoms. The lowest BCUT2D eigenvalue weighted by Crippen LogP contribution is -2.81. The van der Waals surface area contributed by atoms with Crippen LogP contribution >= 0.6 is 0 Å². The Kier molecular flexibility index (Phi) is 5.46. The van der Waals surface area contributed by atoms with E-state index in [1.807, 2.05) is 0 Å². The second-order valence-corrected chi connectivity index (χ2v) is 48.7. The fourth-order valence-corrected chi connectivity index (χ4v) is 99.6. The minimum Gasteiger partial charge on any atom is -0.392 e. The van der Waals surface area contributed by atoms with Gasteiger partial charge in [0.05, 0.1) is 13.2 Å². The first-order chi connectivity index (χ1) is 7.31. The monoisotopic (exact) mass is 304 g/mol. The predicted octanol–water partition coefficient (Wildman–Crippen LogP) is 3.77. The highest BCUT2D eigenvalue weighted by molar-refractivity contribution is 7.90. The Morgan fingerprint density at radius 3 is 1.18 bits per heavy atom. The maximum absolute atomic E-state index is 9.21. The molecule has 0 atom stereocenters. The lowest BCUT2D eigenvalue weighted by atomic mass is 10.7. The fraction of sp³-hybridized carbons (Fsp3) is 0.833. The van der Waals surface area contributed by atoms with E-state index < -0.39 is 29.4 Å². The van der Waals surface area contributed by atoms with Gasteiger partial charge in [-0.2, -0.15) is 0 Å². The van der Waals surface area contributed by atoms with Gasteiger partial charge in [-0.05, 0) is 0 Å². The van der Waals surface area contributed by atoms with Crippen LogP contribution in [0.4, 0.5) is 0 Å². The van der Waals surface area contributed by atoms with Gasteiger partial charge in [0.25, 0.3) is 0 Å². The summed E-state index contributed by atoms with van der Waals surface area (Å²) < 4.78 is 0. The summed E-state index contributed by atoms with van der Waals surface area (Å²) in [4.78, 5) is 0. The third-order valence-corrected chi connectivity index (χ3v) is 75.2. The van der Waals surface area contributed by atoms with E-state index in [-0.39, 0.29) is 6.61 Å². The van der Waals surface area contributed by atoms with Crippen molar-refractivity contribution in [2.24, 2.45) is 0 Å². The molecule has 0 aliphatic heterocycles. The van der Waals surface area contributed by atoms with Crippen molar-refractivity contribution >= 4 is 29.4 Å². The molecule has 0 heterocycles. The van der Waals surface area contributed by atoms with Crippen molar-refractivity contribution in [2.45, 2.75) is 58.9 Å². The van der Waals surface area contributed by atoms with Gasteiger partial charge >= 0.3 is 0 Å². The van der Waals surface area contributed by atoms with Gasteiger partial charge in [-0.15, -0.1) is 5.70 Å². The summed E-state index contributed by atoms with van der Waals surface area (Å²) in [6.45, 7) is 22.0. The first-order valence-electron chi connectivity index (χ1n) is 6.60. The Bertz CT molecular complexity index is 242. The molecule has 1 nitrogen and oxygen atoms in total. The number of hydrogen-bond acceptors (Lipinski definition) is 1. The fourth-order valence-electron chi connectivity index (χ4n) is 4.35. The van der Waals surface area contributed by atoms with Crippen LogP contribution in [0.15, 0.2) is 11.8 Å². The highest BCUT2D eigenvalue weighted by Crippen LogP contribution is 2.37. The summed E-state index contributed by atoms with van der Waals surface area (Å²) in [6.07, 6.45) is 2.07. The minimum atomic E-state index is -1.35. The first-order valence-corrected chi connectivity index (χ1v) is 22.2. The summed E-state index contributed by atoms with van der Waals surface area (Å²) >= 11 is 0. The molecule has 0 spiro atoms. The van der Waals surface area contributed by atoms with Crippen LogP contribution in [-0.4, -0.2) is 41.1 Å². The second-order valence-electron chi connectivity index (χ2n) is 8.14. The SMILES string of the molecule is C[Si](C)(C)[Si](C=CCO)([Si](C)(C)C)[Si](C)(C)C. The van der Waals surface area contributed by atoms with Crippen LogP contribution in [-0.2, 0) is 0 Å². The molecule has 0 aromatic heterocycles. The van der Waals surface area contributed by atoms with Crippen molar-refractivity contribution < 1.29 is 5.11 Å². The third-order valence-electron chi connectivity index (χ3n) is 4.02. The van der Waals surface area contributed by atoms with Crippen LogP contribution in [0.3, 0.4) is 0 Å². The van der Waals surface area contributed by atoms with E-state index in [0.717, 1.165) is 0 Å². The number of rotatable bonds is 5. The molecule has 0 aromatic carbocycles. The molecule has 0 unspecified atom stereocenters. The lowest BCUT2D eigenvalue weighted by Gasteiger charge is -2.55. The Morgan fingerprint density at radius 2 is 1.00 bits per heavy atom. The highest BCUT2D eigenvalue weighted by atomic mass is 29.9. The van der Waals surface area contributed by atoms with Gasteiger partial charge in [0, 0.05) is 22.8 Å². The molecule has 1 N–H and O–H groups in total. The molecule has 0 rings (SSSR count). The van der Waals surface area contributed by atoms with Crippen molar-refractivity contribution in [3.05, 3.63) is 11.8 Å². The van der Waals surface area contributed by atoms with Gasteiger partial charge in [-0.1, -0.05) is 65.0 Å². The van der Waals surface area contributed by atoms with Crippen LogP contribution in [0.2, 0.25) is 58.9 Å². The van der Waals surface area contributed by atoms with Crippen LogP contribution in [0.25, 0.3) is 0 Å². The molecule has 0 saturated heterocycles. The first kappa shape index (κ1) is 17.6. The molecule has 0 aliphatic rings. The van der Waals surface area contributed by atoms with E-state index in [4.69, 9.17) is 0 Å². The number of aliphatic hydroxyl groups is 1. The van der Waals surface area contributed by atoms with Crippen LogP contribution < -0.4 is 0 Å². The lowest BCUT2D eigenvalue weighted by molar-refractivity contribution is 0.343. The summed E-state index contributed by atoms with van der Waals surface area (Å²) in [5.74, 6) is 0. The average molecular weight is 305 g/mol. The Hall–Kier alpha value is 0.568. The average Bonchev–Trinajstić information content (AvgIpc) is 1.96. The maximum Gasteiger partial charge on any atom is 0.0608 e. The highest BCUT2D eigenvalue weighted by Gasteiger charge is 2.59. The van der Waals surface area contributed by atoms with Crippen molar-refractivity contribution in [1.29, 1.82) is 0 Å². The molecule has 0 aliphatic carbocycles.